The van der Waals surface area contributed by atoms with E-state index in [1.807, 2.05) is 51.1 Å². The summed E-state index contributed by atoms with van der Waals surface area (Å²) in [5.74, 6) is -0.484. The Labute approximate surface area is 206 Å². The summed E-state index contributed by atoms with van der Waals surface area (Å²) in [5.41, 5.74) is 1.68. The Morgan fingerprint density at radius 1 is 1.18 bits per heavy atom. The molecule has 0 saturated heterocycles. The largest absolute Gasteiger partial charge is 0.481 e. The van der Waals surface area contributed by atoms with Crippen LogP contribution in [0.5, 0.6) is 0 Å². The van der Waals surface area contributed by atoms with Gasteiger partial charge in [0.1, 0.15) is 11.8 Å². The molecule has 2 N–H and O–H groups in total. The molecule has 0 bridgehead atoms. The molecule has 0 aliphatic heterocycles. The lowest BCUT2D eigenvalue weighted by Crippen LogP contribution is -2.17. The van der Waals surface area contributed by atoms with Gasteiger partial charge >= 0.3 is 5.97 Å². The minimum atomic E-state index is -0.900. The molecule has 3 aromatic rings. The topological polar surface area (TPSA) is 119 Å². The average molecular weight is 568 g/mol. The Balaban J connectivity index is 1.66. The van der Waals surface area contributed by atoms with Crippen LogP contribution in [0, 0.1) is 8.99 Å². The number of benzene rings is 1. The lowest BCUT2D eigenvalue weighted by molar-refractivity contribution is -0.137. The maximum absolute atomic E-state index is 11.5. The number of aromatic nitrogens is 2. The smallest absolute Gasteiger partial charge is 0.304 e. The van der Waals surface area contributed by atoms with Crippen LogP contribution in [0.2, 0.25) is 0 Å². The fourth-order valence-corrected chi connectivity index (χ4v) is 4.31. The molecular weight excluding hydrogens is 539 g/mol. The summed E-state index contributed by atoms with van der Waals surface area (Å²) in [7, 11) is 0. The second-order valence-electron chi connectivity index (χ2n) is 9.07. The van der Waals surface area contributed by atoms with Gasteiger partial charge in [-0.1, -0.05) is 61.4 Å². The van der Waals surface area contributed by atoms with Gasteiger partial charge in [0.2, 0.25) is 5.76 Å². The molecule has 9 heteroatoms. The number of hydrogen-bond acceptors (Lipinski definition) is 7. The van der Waals surface area contributed by atoms with Gasteiger partial charge in [-0.05, 0) is 46.4 Å². The number of aliphatic hydroxyl groups excluding tert-OH is 1. The van der Waals surface area contributed by atoms with E-state index in [9.17, 15) is 15.0 Å². The van der Waals surface area contributed by atoms with Crippen molar-refractivity contribution in [1.82, 2.24) is 10.3 Å². The van der Waals surface area contributed by atoms with Crippen LogP contribution < -0.4 is 0 Å². The zero-order chi connectivity index (χ0) is 24.0. The molecule has 0 saturated carbocycles. The molecule has 2 aromatic heterocycles. The molecule has 1 unspecified atom stereocenters. The highest BCUT2D eigenvalue weighted by Crippen LogP contribution is 2.37. The number of carboxylic acid groups (broad SMARTS) is 1. The van der Waals surface area contributed by atoms with Gasteiger partial charge in [-0.15, -0.1) is 0 Å². The van der Waals surface area contributed by atoms with E-state index in [4.69, 9.17) is 13.8 Å². The van der Waals surface area contributed by atoms with Crippen LogP contribution >= 0.6 is 22.6 Å². The van der Waals surface area contributed by atoms with Gasteiger partial charge in [0.15, 0.2) is 11.5 Å². The molecule has 3 rings (SSSR count). The number of aliphatic carboxylic acids is 1. The second-order valence-corrected chi connectivity index (χ2v) is 10.1. The first-order chi connectivity index (χ1) is 15.7. The molecule has 8 nitrogen and oxygen atoms in total. The molecule has 2 atom stereocenters. The van der Waals surface area contributed by atoms with E-state index in [0.717, 1.165) is 5.56 Å². The maximum Gasteiger partial charge on any atom is 0.304 e. The number of nitrogens with zero attached hydrogens (tertiary/aromatic N) is 2. The summed E-state index contributed by atoms with van der Waals surface area (Å²) < 4.78 is 17.3. The molecule has 33 heavy (non-hydrogen) atoms. The number of ether oxygens (including phenoxy) is 1. The third kappa shape index (κ3) is 6.87. The van der Waals surface area contributed by atoms with Crippen molar-refractivity contribution < 1.29 is 28.8 Å². The normalized spacial score (nSPS) is 13.7. The van der Waals surface area contributed by atoms with Crippen molar-refractivity contribution in [3.63, 3.8) is 0 Å². The van der Waals surface area contributed by atoms with Gasteiger partial charge in [-0.25, -0.2) is 0 Å². The van der Waals surface area contributed by atoms with Crippen molar-refractivity contribution in [1.29, 1.82) is 0 Å². The number of aliphatic hydroxyl groups is 1. The van der Waals surface area contributed by atoms with E-state index in [2.05, 4.69) is 32.9 Å². The third-order valence-corrected chi connectivity index (χ3v) is 6.31. The number of carbonyl (C=O) groups is 1. The van der Waals surface area contributed by atoms with E-state index in [1.165, 1.54) is 0 Å². The van der Waals surface area contributed by atoms with E-state index in [-0.39, 0.29) is 12.3 Å². The summed E-state index contributed by atoms with van der Waals surface area (Å²) in [5, 5.41) is 28.0. The zero-order valence-corrected chi connectivity index (χ0v) is 21.1. The average Bonchev–Trinajstić information content (AvgIpc) is 3.38. The minimum absolute atomic E-state index is 0.0620. The van der Waals surface area contributed by atoms with Gasteiger partial charge in [0.25, 0.3) is 0 Å². The molecule has 0 amide bonds. The first-order valence-electron chi connectivity index (χ1n) is 10.8. The van der Waals surface area contributed by atoms with Crippen LogP contribution in [0.3, 0.4) is 0 Å². The Kier molecular flexibility index (Phi) is 8.66. The Hall–Kier alpha value is -2.24. The van der Waals surface area contributed by atoms with Crippen LogP contribution in [0.25, 0.3) is 11.5 Å². The van der Waals surface area contributed by atoms with Gasteiger partial charge in [-0.3, -0.25) is 4.79 Å². The van der Waals surface area contributed by atoms with E-state index >= 15 is 0 Å². The van der Waals surface area contributed by atoms with Crippen LogP contribution in [0.15, 0.2) is 45.4 Å². The molecule has 0 aliphatic rings. The quantitative estimate of drug-likeness (QED) is 0.228. The Morgan fingerprint density at radius 2 is 1.91 bits per heavy atom. The van der Waals surface area contributed by atoms with Gasteiger partial charge in [0, 0.05) is 18.6 Å². The summed E-state index contributed by atoms with van der Waals surface area (Å²) >= 11 is 2.10. The molecule has 0 spiro atoms. The molecule has 0 radical (unpaired) electrons. The summed E-state index contributed by atoms with van der Waals surface area (Å²) in [6.07, 6.45) is 0.396. The lowest BCUT2D eigenvalue weighted by Gasteiger charge is -2.22. The third-order valence-electron chi connectivity index (χ3n) is 5.27. The van der Waals surface area contributed by atoms with Crippen LogP contribution in [0.1, 0.15) is 69.1 Å². The zero-order valence-electron chi connectivity index (χ0n) is 19.0. The summed E-state index contributed by atoms with van der Waals surface area (Å²) in [6, 6.07) is 11.5. The van der Waals surface area contributed by atoms with Gasteiger partial charge in [-0.2, -0.15) is 0 Å². The highest BCUT2D eigenvalue weighted by Gasteiger charge is 2.30. The van der Waals surface area contributed by atoms with Crippen molar-refractivity contribution in [2.24, 2.45) is 5.41 Å². The van der Waals surface area contributed by atoms with Crippen molar-refractivity contribution in [2.75, 3.05) is 6.61 Å². The van der Waals surface area contributed by atoms with E-state index in [1.54, 1.807) is 6.07 Å². The van der Waals surface area contributed by atoms with Crippen molar-refractivity contribution in [3.8, 4) is 11.5 Å². The fraction of sp³-hybridized carbons (Fsp3) is 0.458. The summed E-state index contributed by atoms with van der Waals surface area (Å²) in [4.78, 5) is 11.5. The second kappa shape index (κ2) is 11.3. The predicted molar refractivity (Wildman–Crippen MR) is 129 cm³/mol. The number of carboxylic acids is 1. The Bertz CT molecular complexity index is 1040. The molecule has 0 fully saturated rings. The SMILES string of the molecule is CC(C)(C)[C@H](O)c1cc(-c2onc(C(CCCOCc3ccccc3)CC(=O)O)c2I)no1. The van der Waals surface area contributed by atoms with Crippen LogP contribution in [-0.2, 0) is 16.1 Å². The predicted octanol–water partition coefficient (Wildman–Crippen LogP) is 5.57. The standard InChI is InChI=1S/C24H29IN2O6/c1-24(2,3)23(30)18-13-17(26-32-18)22-20(25)21(27-33-22)16(12-19(28)29)10-7-11-31-14-15-8-5-4-6-9-15/h4-6,8-9,13,16,23,30H,7,10-12,14H2,1-3H3,(H,28,29)/t16?,23-/m1/s1. The number of hydrogen-bond donors (Lipinski definition) is 2. The molecule has 2 heterocycles. The van der Waals surface area contributed by atoms with Crippen LogP contribution in [-0.4, -0.2) is 33.1 Å². The fourth-order valence-electron chi connectivity index (χ4n) is 3.40. The molecule has 0 aliphatic carbocycles. The number of rotatable bonds is 11. The van der Waals surface area contributed by atoms with Gasteiger partial charge < -0.3 is 24.0 Å². The lowest BCUT2D eigenvalue weighted by atomic mass is 9.87. The van der Waals surface area contributed by atoms with Crippen molar-refractivity contribution >= 4 is 28.6 Å². The van der Waals surface area contributed by atoms with E-state index in [0.29, 0.717) is 52.5 Å². The van der Waals surface area contributed by atoms with Gasteiger partial charge in [0.05, 0.1) is 16.6 Å². The monoisotopic (exact) mass is 568 g/mol. The number of halogens is 1. The Morgan fingerprint density at radius 3 is 2.58 bits per heavy atom. The molecule has 178 valence electrons. The highest BCUT2D eigenvalue weighted by molar-refractivity contribution is 14.1. The first-order valence-corrected chi connectivity index (χ1v) is 11.9. The van der Waals surface area contributed by atoms with Crippen LogP contribution in [0.4, 0.5) is 0 Å². The molecular formula is C24H29IN2O6. The van der Waals surface area contributed by atoms with E-state index < -0.39 is 17.5 Å². The maximum atomic E-state index is 11.5. The summed E-state index contributed by atoms with van der Waals surface area (Å²) in [6.45, 7) is 6.73. The highest BCUT2D eigenvalue weighted by atomic mass is 127. The minimum Gasteiger partial charge on any atom is -0.481 e. The molecule has 1 aromatic carbocycles. The van der Waals surface area contributed by atoms with Crippen molar-refractivity contribution in [2.45, 2.75) is 58.7 Å². The van der Waals surface area contributed by atoms with Crippen molar-refractivity contribution in [3.05, 3.63) is 57.0 Å². The first kappa shape index (κ1) is 25.4.